The monoisotopic (exact) mass is 238 g/mol. The van der Waals surface area contributed by atoms with Gasteiger partial charge in [-0.1, -0.05) is 4.98 Å². The smallest absolute Gasteiger partial charge is 0.385 e. The number of H-pyrrole nitrogens is 2. The number of nitrogens with two attached hydrogens (primary N) is 2. The second kappa shape index (κ2) is 4.16. The van der Waals surface area contributed by atoms with Gasteiger partial charge in [0, 0.05) is 0 Å². The molecule has 0 spiro atoms. The fourth-order valence-electron chi connectivity index (χ4n) is 0.992. The minimum atomic E-state index is -0.0594. The quantitative estimate of drug-likeness (QED) is 0.269. The topological polar surface area (TPSA) is 119 Å². The van der Waals surface area contributed by atoms with Crippen molar-refractivity contribution < 1.29 is 39.7 Å². The van der Waals surface area contributed by atoms with Crippen molar-refractivity contribution in [3.05, 3.63) is 6.33 Å². The number of hydrogen-bond donors (Lipinski definition) is 4. The highest BCUT2D eigenvalue weighted by atomic mass is 35.5. The van der Waals surface area contributed by atoms with Gasteiger partial charge in [-0.15, -0.1) is 0 Å². The van der Waals surface area contributed by atoms with Crippen molar-refractivity contribution in [2.75, 3.05) is 11.5 Å². The summed E-state index contributed by atoms with van der Waals surface area (Å²) in [6, 6.07) is 0. The Morgan fingerprint density at radius 3 is 2.71 bits per heavy atom. The average molecular weight is 239 g/mol. The van der Waals surface area contributed by atoms with Crippen molar-refractivity contribution in [3.8, 4) is 0 Å². The number of nitrogen functional groups attached to an aromatic ring is 2. The Balaban J connectivity index is 0.000000845. The predicted molar refractivity (Wildman–Crippen MR) is 38.9 cm³/mol. The van der Waals surface area contributed by atoms with Gasteiger partial charge in [-0.2, -0.15) is 0 Å². The number of halogens is 2. The van der Waals surface area contributed by atoms with Crippen molar-refractivity contribution in [1.29, 1.82) is 0 Å². The minimum absolute atomic E-state index is 0. The van der Waals surface area contributed by atoms with Crippen LogP contribution in [0, 0.1) is 0 Å². The number of rotatable bonds is 0. The molecule has 0 bridgehead atoms. The van der Waals surface area contributed by atoms with Crippen LogP contribution in [-0.4, -0.2) is 15.2 Å². The number of nitrogens with one attached hydrogen (secondary N) is 2. The summed E-state index contributed by atoms with van der Waals surface area (Å²) in [5, 5.41) is 9.19. The third-order valence-corrected chi connectivity index (χ3v) is 1.59. The summed E-state index contributed by atoms with van der Waals surface area (Å²) in [4.78, 5) is 9.37. The maximum absolute atomic E-state index is 9.19. The van der Waals surface area contributed by atoms with Crippen molar-refractivity contribution in [1.82, 2.24) is 9.97 Å². The minimum Gasteiger partial charge on any atom is -1.00 e. The zero-order valence-electron chi connectivity index (χ0n) is 6.83. The Morgan fingerprint density at radius 1 is 1.43 bits per heavy atom. The van der Waals surface area contributed by atoms with E-state index in [1.165, 1.54) is 0 Å². The van der Waals surface area contributed by atoms with Crippen LogP contribution in [0.1, 0.15) is 0 Å². The summed E-state index contributed by atoms with van der Waals surface area (Å²) in [6.07, 6.45) is 1.55. The average Bonchev–Trinajstić information content (AvgIpc) is 2.48. The fourth-order valence-corrected chi connectivity index (χ4v) is 0.992. The highest BCUT2D eigenvalue weighted by Crippen LogP contribution is 2.08. The number of hydrogen-bond acceptors (Lipinski definition) is 4. The molecule has 0 saturated carbocycles. The standard InChI is InChI=1S/C5H6N6O.2ClH/c6-3-2-4(9-1-8-2)10-5(7)11(3)12;;/h1,12H,(H4,6,7,8,9,10);2*1H. The Hall–Kier alpha value is -1.47. The van der Waals surface area contributed by atoms with E-state index in [1.54, 1.807) is 6.33 Å². The van der Waals surface area contributed by atoms with E-state index in [0.717, 1.165) is 0 Å². The number of aromatic amines is 2. The number of fused-ring (bicyclic) bond motifs is 1. The Bertz CT molecular complexity index is 443. The van der Waals surface area contributed by atoms with Gasteiger partial charge in [0.15, 0.2) is 6.33 Å². The molecule has 0 amide bonds. The summed E-state index contributed by atoms with van der Waals surface area (Å²) in [7, 11) is 0. The summed E-state index contributed by atoms with van der Waals surface area (Å²) < 4.78 is 0.618. The van der Waals surface area contributed by atoms with Crippen LogP contribution in [-0.2, 0) is 0 Å². The SMILES string of the molecule is Nc1nc2[nH+]c[nH]c2c(N)[n+]1O.[Cl-].[Cl-]. The Labute approximate surface area is 90.9 Å². The number of aromatic nitrogens is 4. The second-order valence-electron chi connectivity index (χ2n) is 2.32. The van der Waals surface area contributed by atoms with E-state index in [2.05, 4.69) is 15.0 Å². The number of imidazole rings is 1. The van der Waals surface area contributed by atoms with Crippen LogP contribution in [0.2, 0.25) is 0 Å². The van der Waals surface area contributed by atoms with Crippen LogP contribution in [0.15, 0.2) is 6.33 Å². The van der Waals surface area contributed by atoms with Crippen LogP contribution in [0.4, 0.5) is 11.8 Å². The van der Waals surface area contributed by atoms with Crippen molar-refractivity contribution in [3.63, 3.8) is 0 Å². The first kappa shape index (κ1) is 12.5. The molecular weight excluding hydrogens is 231 g/mol. The van der Waals surface area contributed by atoms with E-state index in [1.807, 2.05) is 0 Å². The van der Waals surface area contributed by atoms with Gasteiger partial charge in [0.1, 0.15) is 0 Å². The molecule has 0 aliphatic carbocycles. The Morgan fingerprint density at radius 2 is 2.07 bits per heavy atom. The highest BCUT2D eigenvalue weighted by molar-refractivity contribution is 5.76. The third-order valence-electron chi connectivity index (χ3n) is 1.59. The summed E-state index contributed by atoms with van der Waals surface area (Å²) >= 11 is 0. The van der Waals surface area contributed by atoms with E-state index in [0.29, 0.717) is 15.9 Å². The molecule has 0 unspecified atom stereocenters. The normalized spacial score (nSPS) is 9.14. The fraction of sp³-hybridized carbons (Fsp3) is 0. The zero-order valence-corrected chi connectivity index (χ0v) is 8.34. The maximum atomic E-state index is 9.19. The molecular formula is C5H8Cl2N6O. The molecule has 9 heteroatoms. The molecule has 0 aliphatic heterocycles. The lowest BCUT2D eigenvalue weighted by atomic mass is 10.5. The van der Waals surface area contributed by atoms with E-state index < -0.39 is 0 Å². The lowest BCUT2D eigenvalue weighted by molar-refractivity contribution is -0.882. The summed E-state index contributed by atoms with van der Waals surface area (Å²) in [6.45, 7) is 0. The maximum Gasteiger partial charge on any atom is 0.385 e. The molecule has 0 atom stereocenters. The van der Waals surface area contributed by atoms with Crippen LogP contribution in [0.5, 0.6) is 0 Å². The third kappa shape index (κ3) is 1.59. The first-order valence-electron chi connectivity index (χ1n) is 3.25. The van der Waals surface area contributed by atoms with Crippen LogP contribution >= 0.6 is 0 Å². The molecule has 0 radical (unpaired) electrons. The van der Waals surface area contributed by atoms with Crippen LogP contribution in [0.3, 0.4) is 0 Å². The number of anilines is 2. The molecule has 2 aromatic rings. The molecule has 7 N–H and O–H groups in total. The second-order valence-corrected chi connectivity index (χ2v) is 2.32. The van der Waals surface area contributed by atoms with Crippen molar-refractivity contribution in [2.45, 2.75) is 0 Å². The molecule has 0 aliphatic rings. The lowest BCUT2D eigenvalue weighted by Gasteiger charge is -1.94. The van der Waals surface area contributed by atoms with Gasteiger partial charge in [0.2, 0.25) is 5.52 Å². The van der Waals surface area contributed by atoms with Gasteiger partial charge in [-0.05, 0) is 4.73 Å². The van der Waals surface area contributed by atoms with Crippen LogP contribution in [0.25, 0.3) is 11.2 Å². The molecule has 0 fully saturated rings. The molecule has 0 aromatic carbocycles. The highest BCUT2D eigenvalue weighted by Gasteiger charge is 2.18. The van der Waals surface area contributed by atoms with Gasteiger partial charge in [-0.3, -0.25) is 9.97 Å². The van der Waals surface area contributed by atoms with Gasteiger partial charge in [0.25, 0.3) is 11.5 Å². The van der Waals surface area contributed by atoms with Gasteiger partial charge < -0.3 is 41.5 Å². The Kier molecular flexibility index (Phi) is 3.72. The first-order valence-corrected chi connectivity index (χ1v) is 3.25. The number of nitrogens with zero attached hydrogens (tertiary/aromatic N) is 2. The summed E-state index contributed by atoms with van der Waals surface area (Å²) in [5.74, 6) is 0.0644. The molecule has 78 valence electrons. The zero-order chi connectivity index (χ0) is 8.72. The first-order chi connectivity index (χ1) is 5.70. The van der Waals surface area contributed by atoms with E-state index >= 15 is 0 Å². The van der Waals surface area contributed by atoms with E-state index in [9.17, 15) is 5.21 Å². The largest absolute Gasteiger partial charge is 1.00 e. The molecule has 7 nitrogen and oxygen atoms in total. The lowest BCUT2D eigenvalue weighted by Crippen LogP contribution is -3.00. The van der Waals surface area contributed by atoms with Crippen LogP contribution < -0.4 is 46.0 Å². The van der Waals surface area contributed by atoms with Gasteiger partial charge in [-0.25, -0.2) is 0 Å². The van der Waals surface area contributed by atoms with E-state index in [-0.39, 0.29) is 36.6 Å². The molecule has 2 heterocycles. The van der Waals surface area contributed by atoms with Gasteiger partial charge >= 0.3 is 5.95 Å². The van der Waals surface area contributed by atoms with E-state index in [4.69, 9.17) is 11.5 Å². The van der Waals surface area contributed by atoms with Gasteiger partial charge in [0.05, 0.1) is 0 Å². The molecule has 2 aromatic heterocycles. The predicted octanol–water partition coefficient (Wildman–Crippen LogP) is -7.93. The summed E-state index contributed by atoms with van der Waals surface area (Å²) in [5.41, 5.74) is 11.9. The molecule has 14 heavy (non-hydrogen) atoms. The van der Waals surface area contributed by atoms with Crippen molar-refractivity contribution in [2.24, 2.45) is 0 Å². The molecule has 2 rings (SSSR count). The molecule has 0 saturated heterocycles. The van der Waals surface area contributed by atoms with Crippen molar-refractivity contribution >= 4 is 22.9 Å².